The minimum absolute atomic E-state index is 0.116. The van der Waals surface area contributed by atoms with Gasteiger partial charge in [0.15, 0.2) is 0 Å². The van der Waals surface area contributed by atoms with Crippen LogP contribution in [0.1, 0.15) is 29.8 Å². The first-order chi connectivity index (χ1) is 11.5. The van der Waals surface area contributed by atoms with E-state index in [1.54, 1.807) is 27.9 Å². The van der Waals surface area contributed by atoms with Crippen LogP contribution in [-0.4, -0.2) is 39.4 Å². The lowest BCUT2D eigenvalue weighted by Crippen LogP contribution is -2.40. The fourth-order valence-corrected chi connectivity index (χ4v) is 3.05. The highest BCUT2D eigenvalue weighted by atomic mass is 19.1. The van der Waals surface area contributed by atoms with Crippen molar-refractivity contribution in [3.8, 4) is 5.69 Å². The normalized spacial score (nSPS) is 15.5. The summed E-state index contributed by atoms with van der Waals surface area (Å²) in [5.41, 5.74) is 6.35. The molecule has 2 aromatic rings. The Morgan fingerprint density at radius 2 is 1.88 bits per heavy atom. The number of imidazole rings is 1. The zero-order valence-corrected chi connectivity index (χ0v) is 13.2. The highest BCUT2D eigenvalue weighted by Gasteiger charge is 2.26. The van der Waals surface area contributed by atoms with Gasteiger partial charge in [-0.25, -0.2) is 9.37 Å². The van der Waals surface area contributed by atoms with Crippen LogP contribution in [0.5, 0.6) is 0 Å². The molecule has 1 aliphatic heterocycles. The van der Waals surface area contributed by atoms with Gasteiger partial charge in [-0.2, -0.15) is 0 Å². The Labute approximate surface area is 139 Å². The Morgan fingerprint density at radius 1 is 1.21 bits per heavy atom. The molecule has 0 atom stereocenters. The molecule has 1 aromatic heterocycles. The smallest absolute Gasteiger partial charge is 0.272 e. The SMILES string of the molecule is NC(=O)CC1CCN(C(=O)c2cncn2-c2ccc(F)cc2)CC1. The van der Waals surface area contributed by atoms with Crippen LogP contribution in [0.3, 0.4) is 0 Å². The van der Waals surface area contributed by atoms with E-state index >= 15 is 0 Å². The summed E-state index contributed by atoms with van der Waals surface area (Å²) in [6.45, 7) is 1.18. The maximum atomic E-state index is 13.1. The second-order valence-electron chi connectivity index (χ2n) is 6.03. The van der Waals surface area contributed by atoms with Crippen LogP contribution in [-0.2, 0) is 4.79 Å². The zero-order chi connectivity index (χ0) is 17.1. The van der Waals surface area contributed by atoms with Crippen molar-refractivity contribution in [1.82, 2.24) is 14.5 Å². The molecule has 2 amide bonds. The Hall–Kier alpha value is -2.70. The minimum atomic E-state index is -0.330. The number of rotatable bonds is 4. The first-order valence-electron chi connectivity index (χ1n) is 7.90. The molecule has 3 rings (SSSR count). The average molecular weight is 330 g/mol. The monoisotopic (exact) mass is 330 g/mol. The molecule has 0 saturated carbocycles. The molecule has 6 nitrogen and oxygen atoms in total. The van der Waals surface area contributed by atoms with E-state index in [0.717, 1.165) is 12.8 Å². The summed E-state index contributed by atoms with van der Waals surface area (Å²) in [6.07, 6.45) is 4.95. The zero-order valence-electron chi connectivity index (χ0n) is 13.2. The van der Waals surface area contributed by atoms with E-state index in [1.807, 2.05) is 0 Å². The molecule has 0 unspecified atom stereocenters. The van der Waals surface area contributed by atoms with Crippen LogP contribution in [0.2, 0.25) is 0 Å². The topological polar surface area (TPSA) is 81.2 Å². The molecular formula is C17H19FN4O2. The van der Waals surface area contributed by atoms with E-state index < -0.39 is 0 Å². The number of carbonyl (C=O) groups excluding carboxylic acids is 2. The number of likely N-dealkylation sites (tertiary alicyclic amines) is 1. The van der Waals surface area contributed by atoms with Crippen molar-refractivity contribution in [2.45, 2.75) is 19.3 Å². The predicted molar refractivity (Wildman–Crippen MR) is 86.0 cm³/mol. The van der Waals surface area contributed by atoms with E-state index in [-0.39, 0.29) is 23.5 Å². The van der Waals surface area contributed by atoms with Crippen LogP contribution in [0.4, 0.5) is 4.39 Å². The lowest BCUT2D eigenvalue weighted by molar-refractivity contribution is -0.119. The number of benzene rings is 1. The number of hydrogen-bond acceptors (Lipinski definition) is 3. The van der Waals surface area contributed by atoms with E-state index in [0.29, 0.717) is 30.9 Å². The van der Waals surface area contributed by atoms with Crippen molar-refractivity contribution in [3.05, 3.63) is 48.3 Å². The molecule has 1 saturated heterocycles. The highest BCUT2D eigenvalue weighted by Crippen LogP contribution is 2.22. The van der Waals surface area contributed by atoms with Crippen LogP contribution in [0.25, 0.3) is 5.69 Å². The van der Waals surface area contributed by atoms with Gasteiger partial charge in [-0.1, -0.05) is 0 Å². The molecule has 0 aliphatic carbocycles. The lowest BCUT2D eigenvalue weighted by Gasteiger charge is -2.31. The fraction of sp³-hybridized carbons (Fsp3) is 0.353. The summed E-state index contributed by atoms with van der Waals surface area (Å²) in [5.74, 6) is -0.500. The van der Waals surface area contributed by atoms with Gasteiger partial charge in [0, 0.05) is 25.2 Å². The number of hydrogen-bond donors (Lipinski definition) is 1. The van der Waals surface area contributed by atoms with E-state index in [9.17, 15) is 14.0 Å². The standard InChI is InChI=1S/C17H19FN4O2/c18-13-1-3-14(4-2-13)22-11-20-10-15(22)17(24)21-7-5-12(6-8-21)9-16(19)23/h1-4,10-12H,5-9H2,(H2,19,23). The van der Waals surface area contributed by atoms with Crippen LogP contribution in [0, 0.1) is 11.7 Å². The maximum Gasteiger partial charge on any atom is 0.272 e. The Bertz CT molecular complexity index is 733. The summed E-state index contributed by atoms with van der Waals surface area (Å²) in [4.78, 5) is 29.6. The number of aromatic nitrogens is 2. The average Bonchev–Trinajstić information content (AvgIpc) is 3.04. The second kappa shape index (κ2) is 6.82. The molecule has 0 radical (unpaired) electrons. The number of carbonyl (C=O) groups is 2. The van der Waals surface area contributed by atoms with E-state index in [1.165, 1.54) is 18.3 Å². The van der Waals surface area contributed by atoms with E-state index in [2.05, 4.69) is 4.98 Å². The first-order valence-corrected chi connectivity index (χ1v) is 7.90. The van der Waals surface area contributed by atoms with Crippen molar-refractivity contribution >= 4 is 11.8 Å². The summed E-state index contributed by atoms with van der Waals surface area (Å²) in [7, 11) is 0. The second-order valence-corrected chi connectivity index (χ2v) is 6.03. The molecule has 2 N–H and O–H groups in total. The number of halogens is 1. The maximum absolute atomic E-state index is 13.1. The molecule has 7 heteroatoms. The lowest BCUT2D eigenvalue weighted by atomic mass is 9.93. The van der Waals surface area contributed by atoms with Gasteiger partial charge in [0.2, 0.25) is 5.91 Å². The molecule has 2 heterocycles. The van der Waals surface area contributed by atoms with Crippen molar-refractivity contribution in [3.63, 3.8) is 0 Å². The number of amides is 2. The van der Waals surface area contributed by atoms with Gasteiger partial charge in [-0.05, 0) is 43.0 Å². The summed E-state index contributed by atoms with van der Waals surface area (Å²) >= 11 is 0. The van der Waals surface area contributed by atoms with E-state index in [4.69, 9.17) is 5.73 Å². The van der Waals surface area contributed by atoms with Gasteiger partial charge >= 0.3 is 0 Å². The molecular weight excluding hydrogens is 311 g/mol. The number of piperidine rings is 1. The fourth-order valence-electron chi connectivity index (χ4n) is 3.05. The number of nitrogens with zero attached hydrogens (tertiary/aromatic N) is 3. The third-order valence-electron chi connectivity index (χ3n) is 4.35. The molecule has 0 bridgehead atoms. The largest absolute Gasteiger partial charge is 0.370 e. The van der Waals surface area contributed by atoms with Gasteiger partial charge in [-0.3, -0.25) is 14.2 Å². The van der Waals surface area contributed by atoms with Gasteiger partial charge in [0.25, 0.3) is 5.91 Å². The van der Waals surface area contributed by atoms with Crippen molar-refractivity contribution in [2.75, 3.05) is 13.1 Å². The van der Waals surface area contributed by atoms with Crippen LogP contribution in [0.15, 0.2) is 36.8 Å². The summed E-state index contributed by atoms with van der Waals surface area (Å²) in [6, 6.07) is 5.90. The molecule has 0 spiro atoms. The molecule has 1 fully saturated rings. The summed E-state index contributed by atoms with van der Waals surface area (Å²) < 4.78 is 14.7. The molecule has 1 aliphatic rings. The highest BCUT2D eigenvalue weighted by molar-refractivity contribution is 5.93. The molecule has 1 aromatic carbocycles. The van der Waals surface area contributed by atoms with Gasteiger partial charge in [0.1, 0.15) is 11.5 Å². The van der Waals surface area contributed by atoms with Crippen LogP contribution >= 0.6 is 0 Å². The van der Waals surface area contributed by atoms with Crippen molar-refractivity contribution in [2.24, 2.45) is 11.7 Å². The summed E-state index contributed by atoms with van der Waals surface area (Å²) in [5, 5.41) is 0. The van der Waals surface area contributed by atoms with Crippen molar-refractivity contribution in [1.29, 1.82) is 0 Å². The Morgan fingerprint density at radius 3 is 2.50 bits per heavy atom. The molecule has 24 heavy (non-hydrogen) atoms. The third-order valence-corrected chi connectivity index (χ3v) is 4.35. The third kappa shape index (κ3) is 3.45. The minimum Gasteiger partial charge on any atom is -0.370 e. The van der Waals surface area contributed by atoms with Crippen molar-refractivity contribution < 1.29 is 14.0 Å². The molecule has 126 valence electrons. The van der Waals surface area contributed by atoms with Crippen LogP contribution < -0.4 is 5.73 Å². The van der Waals surface area contributed by atoms with Gasteiger partial charge < -0.3 is 10.6 Å². The Balaban J connectivity index is 1.72. The first kappa shape index (κ1) is 16.2. The van der Waals surface area contributed by atoms with Gasteiger partial charge in [-0.15, -0.1) is 0 Å². The number of primary amides is 1. The van der Waals surface area contributed by atoms with Gasteiger partial charge in [0.05, 0.1) is 12.5 Å². The quantitative estimate of drug-likeness (QED) is 0.927. The predicted octanol–water partition coefficient (Wildman–Crippen LogP) is 1.74. The Kier molecular flexibility index (Phi) is 4.59. The number of nitrogens with two attached hydrogens (primary N) is 1.